The molecule has 0 atom stereocenters. The van der Waals surface area contributed by atoms with Crippen LogP contribution < -0.4 is 10.2 Å². The van der Waals surface area contributed by atoms with Crippen molar-refractivity contribution in [3.63, 3.8) is 0 Å². The number of carbonyl (C=O) groups excluding carboxylic acids is 1. The van der Waals surface area contributed by atoms with Crippen LogP contribution in [0.4, 0.5) is 5.69 Å². The van der Waals surface area contributed by atoms with E-state index in [0.29, 0.717) is 6.54 Å². The quantitative estimate of drug-likeness (QED) is 0.888. The molecule has 1 rings (SSSR count). The summed E-state index contributed by atoms with van der Waals surface area (Å²) in [6.07, 6.45) is 0. The summed E-state index contributed by atoms with van der Waals surface area (Å²) in [4.78, 5) is 14.0. The zero-order valence-corrected chi connectivity index (χ0v) is 12.1. The summed E-state index contributed by atoms with van der Waals surface area (Å²) >= 11 is 0. The van der Waals surface area contributed by atoms with Gasteiger partial charge in [0.25, 0.3) is 0 Å². The van der Waals surface area contributed by atoms with Gasteiger partial charge in [-0.25, -0.2) is 0 Å². The SMILES string of the molecule is CCN(CC(=O)NC(C)(C)C)c1cccc(C)c1. The van der Waals surface area contributed by atoms with Crippen LogP contribution >= 0.6 is 0 Å². The van der Waals surface area contributed by atoms with Crippen molar-refractivity contribution in [3.05, 3.63) is 29.8 Å². The van der Waals surface area contributed by atoms with Gasteiger partial charge in [-0.15, -0.1) is 0 Å². The van der Waals surface area contributed by atoms with Gasteiger partial charge in [0.05, 0.1) is 6.54 Å². The van der Waals surface area contributed by atoms with Crippen LogP contribution in [0.1, 0.15) is 33.3 Å². The summed E-state index contributed by atoms with van der Waals surface area (Å²) in [5.41, 5.74) is 2.13. The molecule has 18 heavy (non-hydrogen) atoms. The van der Waals surface area contributed by atoms with Crippen molar-refractivity contribution in [1.82, 2.24) is 5.32 Å². The first kappa shape index (κ1) is 14.6. The summed E-state index contributed by atoms with van der Waals surface area (Å²) in [6, 6.07) is 8.23. The standard InChI is InChI=1S/C15H24N2O/c1-6-17(11-14(18)16-15(3,4)5)13-9-7-8-12(2)10-13/h7-10H,6,11H2,1-5H3,(H,16,18). The van der Waals surface area contributed by atoms with Crippen molar-refractivity contribution < 1.29 is 4.79 Å². The highest BCUT2D eigenvalue weighted by atomic mass is 16.2. The highest BCUT2D eigenvalue weighted by Crippen LogP contribution is 2.15. The van der Waals surface area contributed by atoms with Gasteiger partial charge in [-0.3, -0.25) is 4.79 Å². The van der Waals surface area contributed by atoms with Crippen LogP contribution in [0.5, 0.6) is 0 Å². The molecule has 1 amide bonds. The third-order valence-corrected chi connectivity index (χ3v) is 2.60. The number of nitrogens with zero attached hydrogens (tertiary/aromatic N) is 1. The number of hydrogen-bond acceptors (Lipinski definition) is 2. The topological polar surface area (TPSA) is 32.3 Å². The predicted octanol–water partition coefficient (Wildman–Crippen LogP) is 2.74. The van der Waals surface area contributed by atoms with Crippen LogP contribution in [0.25, 0.3) is 0 Å². The molecular weight excluding hydrogens is 224 g/mol. The molecule has 0 aromatic heterocycles. The molecular formula is C15H24N2O. The van der Waals surface area contributed by atoms with Crippen LogP contribution in [0, 0.1) is 6.92 Å². The third kappa shape index (κ3) is 4.78. The molecule has 1 aromatic carbocycles. The Bertz CT molecular complexity index is 407. The molecule has 0 radical (unpaired) electrons. The van der Waals surface area contributed by atoms with E-state index >= 15 is 0 Å². The number of amides is 1. The number of aryl methyl sites for hydroxylation is 1. The Kier molecular flexibility index (Phi) is 4.76. The maximum atomic E-state index is 11.9. The minimum atomic E-state index is -0.177. The number of benzene rings is 1. The lowest BCUT2D eigenvalue weighted by atomic mass is 10.1. The molecule has 0 saturated heterocycles. The van der Waals surface area contributed by atoms with E-state index in [1.165, 1.54) is 5.56 Å². The third-order valence-electron chi connectivity index (χ3n) is 2.60. The molecule has 3 heteroatoms. The first-order valence-electron chi connectivity index (χ1n) is 6.44. The van der Waals surface area contributed by atoms with Gasteiger partial charge in [0.2, 0.25) is 5.91 Å². The Hall–Kier alpha value is -1.51. The van der Waals surface area contributed by atoms with Crippen molar-refractivity contribution in [3.8, 4) is 0 Å². The Morgan fingerprint density at radius 3 is 2.50 bits per heavy atom. The van der Waals surface area contributed by atoms with E-state index in [-0.39, 0.29) is 11.4 Å². The van der Waals surface area contributed by atoms with Crippen molar-refractivity contribution in [2.24, 2.45) is 0 Å². The Labute approximate surface area is 110 Å². The van der Waals surface area contributed by atoms with Crippen molar-refractivity contribution in [1.29, 1.82) is 0 Å². The van der Waals surface area contributed by atoms with Crippen LogP contribution in [-0.4, -0.2) is 24.5 Å². The fourth-order valence-electron chi connectivity index (χ4n) is 1.84. The van der Waals surface area contributed by atoms with Gasteiger partial charge >= 0.3 is 0 Å². The smallest absolute Gasteiger partial charge is 0.239 e. The fraction of sp³-hybridized carbons (Fsp3) is 0.533. The monoisotopic (exact) mass is 248 g/mol. The Morgan fingerprint density at radius 2 is 2.00 bits per heavy atom. The summed E-state index contributed by atoms with van der Waals surface area (Å²) in [5, 5.41) is 2.99. The first-order chi connectivity index (χ1) is 8.31. The second-order valence-electron chi connectivity index (χ2n) is 5.65. The van der Waals surface area contributed by atoms with E-state index in [4.69, 9.17) is 0 Å². The lowest BCUT2D eigenvalue weighted by molar-refractivity contribution is -0.121. The molecule has 1 aromatic rings. The van der Waals surface area contributed by atoms with Gasteiger partial charge in [0.1, 0.15) is 0 Å². The fourth-order valence-corrected chi connectivity index (χ4v) is 1.84. The minimum absolute atomic E-state index is 0.0610. The number of anilines is 1. The average Bonchev–Trinajstić information content (AvgIpc) is 2.23. The lowest BCUT2D eigenvalue weighted by Gasteiger charge is -2.26. The summed E-state index contributed by atoms with van der Waals surface area (Å²) in [5.74, 6) is 0.0610. The van der Waals surface area contributed by atoms with Crippen LogP contribution in [0.15, 0.2) is 24.3 Å². The average molecular weight is 248 g/mol. The van der Waals surface area contributed by atoms with Crippen molar-refractivity contribution in [2.45, 2.75) is 40.2 Å². The predicted molar refractivity (Wildman–Crippen MR) is 77.0 cm³/mol. The molecule has 0 fully saturated rings. The van der Waals surface area contributed by atoms with Crippen LogP contribution in [-0.2, 0) is 4.79 Å². The molecule has 0 aliphatic heterocycles. The molecule has 1 N–H and O–H groups in total. The maximum Gasteiger partial charge on any atom is 0.239 e. The van der Waals surface area contributed by atoms with Crippen molar-refractivity contribution in [2.75, 3.05) is 18.0 Å². The van der Waals surface area contributed by atoms with Crippen LogP contribution in [0.3, 0.4) is 0 Å². The van der Waals surface area contributed by atoms with E-state index in [2.05, 4.69) is 36.2 Å². The molecule has 0 unspecified atom stereocenters. The second kappa shape index (κ2) is 5.89. The summed E-state index contributed by atoms with van der Waals surface area (Å²) in [6.45, 7) is 11.3. The molecule has 3 nitrogen and oxygen atoms in total. The van der Waals surface area contributed by atoms with Gasteiger partial charge in [-0.1, -0.05) is 12.1 Å². The summed E-state index contributed by atoms with van der Waals surface area (Å²) < 4.78 is 0. The van der Waals surface area contributed by atoms with Crippen molar-refractivity contribution >= 4 is 11.6 Å². The second-order valence-corrected chi connectivity index (χ2v) is 5.65. The van der Waals surface area contributed by atoms with E-state index in [9.17, 15) is 4.79 Å². The zero-order chi connectivity index (χ0) is 13.8. The lowest BCUT2D eigenvalue weighted by Crippen LogP contribution is -2.46. The number of hydrogen-bond donors (Lipinski definition) is 1. The molecule has 0 aliphatic rings. The summed E-state index contributed by atoms with van der Waals surface area (Å²) in [7, 11) is 0. The van der Waals surface area contributed by atoms with E-state index in [1.54, 1.807) is 0 Å². The number of likely N-dealkylation sites (N-methyl/N-ethyl adjacent to an activating group) is 1. The normalized spacial score (nSPS) is 11.2. The number of nitrogens with one attached hydrogen (secondary N) is 1. The highest BCUT2D eigenvalue weighted by Gasteiger charge is 2.16. The maximum absolute atomic E-state index is 11.9. The molecule has 0 bridgehead atoms. The molecule has 0 aliphatic carbocycles. The highest BCUT2D eigenvalue weighted by molar-refractivity contribution is 5.82. The van der Waals surface area contributed by atoms with Gasteiger partial charge in [-0.2, -0.15) is 0 Å². The van der Waals surface area contributed by atoms with E-state index in [0.717, 1.165) is 12.2 Å². The van der Waals surface area contributed by atoms with Gasteiger partial charge in [-0.05, 0) is 52.3 Å². The Balaban J connectivity index is 2.71. The van der Waals surface area contributed by atoms with E-state index in [1.807, 2.05) is 32.9 Å². The molecule has 100 valence electrons. The van der Waals surface area contributed by atoms with Gasteiger partial charge in [0, 0.05) is 17.8 Å². The Morgan fingerprint density at radius 1 is 1.33 bits per heavy atom. The van der Waals surface area contributed by atoms with Gasteiger partial charge < -0.3 is 10.2 Å². The van der Waals surface area contributed by atoms with Crippen LogP contribution in [0.2, 0.25) is 0 Å². The first-order valence-corrected chi connectivity index (χ1v) is 6.44. The molecule has 0 heterocycles. The molecule has 0 saturated carbocycles. The minimum Gasteiger partial charge on any atom is -0.362 e. The largest absolute Gasteiger partial charge is 0.362 e. The molecule has 0 spiro atoms. The zero-order valence-electron chi connectivity index (χ0n) is 12.1. The van der Waals surface area contributed by atoms with E-state index < -0.39 is 0 Å². The number of rotatable bonds is 4. The number of carbonyl (C=O) groups is 1. The van der Waals surface area contributed by atoms with Gasteiger partial charge in [0.15, 0.2) is 0 Å².